The average molecular weight is 354 g/mol. The molecule has 1 aliphatic rings. The monoisotopic (exact) mass is 354 g/mol. The Bertz CT molecular complexity index is 849. The predicted octanol–water partition coefficient (Wildman–Crippen LogP) is 5.97. The zero-order valence-corrected chi connectivity index (χ0v) is 14.4. The van der Waals surface area contributed by atoms with Gasteiger partial charge in [-0.2, -0.15) is 5.10 Å². The minimum atomic E-state index is -0.229. The number of nitrogens with zero attached hydrogens (tertiary/aromatic N) is 2. The van der Waals surface area contributed by atoms with Crippen molar-refractivity contribution in [1.29, 1.82) is 0 Å². The molecule has 0 saturated heterocycles. The highest BCUT2D eigenvalue weighted by Crippen LogP contribution is 2.37. The van der Waals surface area contributed by atoms with Gasteiger partial charge in [-0.1, -0.05) is 12.1 Å². The number of anilines is 1. The summed E-state index contributed by atoms with van der Waals surface area (Å²) in [6, 6.07) is 15.0. The SMILES string of the molecule is Fc1ccc(N2N=C(C=Cc3cccs3)CC2c2cccs2)cc1. The molecule has 1 aromatic carbocycles. The van der Waals surface area contributed by atoms with Crippen LogP contribution < -0.4 is 5.01 Å². The van der Waals surface area contributed by atoms with Crippen LogP contribution in [0.4, 0.5) is 10.1 Å². The molecule has 120 valence electrons. The quantitative estimate of drug-likeness (QED) is 0.563. The lowest BCUT2D eigenvalue weighted by Gasteiger charge is -2.22. The highest BCUT2D eigenvalue weighted by Gasteiger charge is 2.28. The van der Waals surface area contributed by atoms with E-state index in [1.165, 1.54) is 21.9 Å². The van der Waals surface area contributed by atoms with Crippen molar-refractivity contribution < 1.29 is 4.39 Å². The maximum absolute atomic E-state index is 13.2. The second kappa shape index (κ2) is 6.71. The van der Waals surface area contributed by atoms with Crippen LogP contribution in [0.15, 0.2) is 70.5 Å². The van der Waals surface area contributed by atoms with E-state index in [0.29, 0.717) is 0 Å². The standard InChI is InChI=1S/C19H15FN2S2/c20-14-5-8-16(9-6-14)22-18(19-4-2-12-24-19)13-15(21-22)7-10-17-3-1-11-23-17/h1-12,18H,13H2. The summed E-state index contributed by atoms with van der Waals surface area (Å²) < 4.78 is 13.2. The van der Waals surface area contributed by atoms with E-state index in [0.717, 1.165) is 17.8 Å². The molecule has 0 radical (unpaired) electrons. The number of benzene rings is 1. The van der Waals surface area contributed by atoms with Gasteiger partial charge in [0.1, 0.15) is 5.82 Å². The maximum atomic E-state index is 13.2. The zero-order valence-electron chi connectivity index (χ0n) is 12.8. The molecule has 0 spiro atoms. The lowest BCUT2D eigenvalue weighted by molar-refractivity contribution is 0.626. The molecule has 3 aromatic rings. The van der Waals surface area contributed by atoms with Gasteiger partial charge in [-0.25, -0.2) is 4.39 Å². The van der Waals surface area contributed by atoms with Gasteiger partial charge < -0.3 is 0 Å². The van der Waals surface area contributed by atoms with E-state index in [1.54, 1.807) is 34.8 Å². The summed E-state index contributed by atoms with van der Waals surface area (Å²) in [6.45, 7) is 0. The number of thiophene rings is 2. The molecule has 3 heterocycles. The molecule has 0 amide bonds. The van der Waals surface area contributed by atoms with E-state index in [4.69, 9.17) is 5.10 Å². The third kappa shape index (κ3) is 3.18. The Balaban J connectivity index is 1.64. The van der Waals surface area contributed by atoms with Gasteiger partial charge in [0.05, 0.1) is 17.4 Å². The highest BCUT2D eigenvalue weighted by atomic mass is 32.1. The zero-order chi connectivity index (χ0) is 16.4. The van der Waals surface area contributed by atoms with Crippen LogP contribution in [0, 0.1) is 5.82 Å². The van der Waals surface area contributed by atoms with E-state index in [1.807, 2.05) is 11.1 Å². The molecule has 0 bridgehead atoms. The largest absolute Gasteiger partial charge is 0.257 e. The number of allylic oxidation sites excluding steroid dienone is 1. The first kappa shape index (κ1) is 15.3. The number of hydrazone groups is 1. The highest BCUT2D eigenvalue weighted by molar-refractivity contribution is 7.10. The van der Waals surface area contributed by atoms with Crippen LogP contribution in [0.5, 0.6) is 0 Å². The molecule has 24 heavy (non-hydrogen) atoms. The molecule has 0 fully saturated rings. The lowest BCUT2D eigenvalue weighted by Crippen LogP contribution is -2.17. The van der Waals surface area contributed by atoms with Gasteiger partial charge in [0, 0.05) is 16.2 Å². The fraction of sp³-hybridized carbons (Fsp3) is 0.105. The van der Waals surface area contributed by atoms with Gasteiger partial charge in [-0.3, -0.25) is 5.01 Å². The Labute approximate surface area is 148 Å². The van der Waals surface area contributed by atoms with Crippen molar-refractivity contribution >= 4 is 40.1 Å². The summed E-state index contributed by atoms with van der Waals surface area (Å²) in [7, 11) is 0. The van der Waals surface area contributed by atoms with E-state index in [9.17, 15) is 4.39 Å². The molecular formula is C19H15FN2S2. The smallest absolute Gasteiger partial charge is 0.123 e. The van der Waals surface area contributed by atoms with E-state index in [2.05, 4.69) is 41.1 Å². The first-order valence-electron chi connectivity index (χ1n) is 7.67. The summed E-state index contributed by atoms with van der Waals surface area (Å²) in [6.07, 6.45) is 5.03. The van der Waals surface area contributed by atoms with Gasteiger partial charge in [-0.15, -0.1) is 22.7 Å². The number of hydrogen-bond donors (Lipinski definition) is 0. The molecule has 1 aliphatic heterocycles. The molecule has 0 saturated carbocycles. The molecule has 1 unspecified atom stereocenters. The Morgan fingerprint density at radius 2 is 1.79 bits per heavy atom. The van der Waals surface area contributed by atoms with Crippen molar-refractivity contribution in [3.05, 3.63) is 80.9 Å². The predicted molar refractivity (Wildman–Crippen MR) is 101 cm³/mol. The van der Waals surface area contributed by atoms with Gasteiger partial charge in [0.15, 0.2) is 0 Å². The van der Waals surface area contributed by atoms with Crippen molar-refractivity contribution in [2.75, 3.05) is 5.01 Å². The molecule has 4 rings (SSSR count). The Kier molecular flexibility index (Phi) is 4.28. The Morgan fingerprint density at radius 1 is 1.00 bits per heavy atom. The molecule has 2 aromatic heterocycles. The average Bonchev–Trinajstić information content (AvgIpc) is 3.34. The van der Waals surface area contributed by atoms with Crippen LogP contribution in [-0.4, -0.2) is 5.71 Å². The number of halogens is 1. The van der Waals surface area contributed by atoms with Crippen molar-refractivity contribution in [2.24, 2.45) is 5.10 Å². The van der Waals surface area contributed by atoms with Gasteiger partial charge in [0.2, 0.25) is 0 Å². The van der Waals surface area contributed by atoms with Crippen LogP contribution in [0.2, 0.25) is 0 Å². The minimum Gasteiger partial charge on any atom is -0.257 e. The summed E-state index contributed by atoms with van der Waals surface area (Å²) >= 11 is 3.44. The molecule has 0 aliphatic carbocycles. The second-order valence-corrected chi connectivity index (χ2v) is 7.45. The fourth-order valence-corrected chi connectivity index (χ4v) is 4.16. The summed E-state index contributed by atoms with van der Waals surface area (Å²) in [5, 5.41) is 10.9. The first-order valence-corrected chi connectivity index (χ1v) is 9.43. The Morgan fingerprint density at radius 3 is 2.50 bits per heavy atom. The maximum Gasteiger partial charge on any atom is 0.123 e. The van der Waals surface area contributed by atoms with Gasteiger partial charge in [-0.05, 0) is 59.3 Å². The fourth-order valence-electron chi connectivity index (χ4n) is 2.73. The second-order valence-electron chi connectivity index (χ2n) is 5.50. The number of rotatable bonds is 4. The molecule has 5 heteroatoms. The van der Waals surface area contributed by atoms with E-state index >= 15 is 0 Å². The van der Waals surface area contributed by atoms with E-state index in [-0.39, 0.29) is 11.9 Å². The summed E-state index contributed by atoms with van der Waals surface area (Å²) in [5.74, 6) is -0.229. The molecule has 1 atom stereocenters. The Hall–Kier alpha value is -2.24. The minimum absolute atomic E-state index is 0.165. The molecular weight excluding hydrogens is 339 g/mol. The molecule has 0 N–H and O–H groups in total. The third-order valence-corrected chi connectivity index (χ3v) is 5.69. The van der Waals surface area contributed by atoms with Crippen LogP contribution >= 0.6 is 22.7 Å². The van der Waals surface area contributed by atoms with Crippen LogP contribution in [0.1, 0.15) is 22.2 Å². The third-order valence-electron chi connectivity index (χ3n) is 3.88. The first-order chi connectivity index (χ1) is 11.8. The van der Waals surface area contributed by atoms with Crippen molar-refractivity contribution in [3.8, 4) is 0 Å². The van der Waals surface area contributed by atoms with Crippen LogP contribution in [0.3, 0.4) is 0 Å². The normalized spacial score (nSPS) is 17.6. The van der Waals surface area contributed by atoms with Gasteiger partial charge >= 0.3 is 0 Å². The van der Waals surface area contributed by atoms with E-state index < -0.39 is 0 Å². The van der Waals surface area contributed by atoms with Crippen LogP contribution in [0.25, 0.3) is 6.08 Å². The lowest BCUT2D eigenvalue weighted by atomic mass is 10.1. The van der Waals surface area contributed by atoms with Crippen LogP contribution in [-0.2, 0) is 0 Å². The number of hydrogen-bond acceptors (Lipinski definition) is 4. The summed E-state index contributed by atoms with van der Waals surface area (Å²) in [4.78, 5) is 2.48. The van der Waals surface area contributed by atoms with Gasteiger partial charge in [0.25, 0.3) is 0 Å². The van der Waals surface area contributed by atoms with Crippen molar-refractivity contribution in [2.45, 2.75) is 12.5 Å². The molecule has 2 nitrogen and oxygen atoms in total. The summed E-state index contributed by atoms with van der Waals surface area (Å²) in [5.41, 5.74) is 1.94. The van der Waals surface area contributed by atoms with Crippen molar-refractivity contribution in [3.63, 3.8) is 0 Å². The van der Waals surface area contributed by atoms with Crippen molar-refractivity contribution in [1.82, 2.24) is 0 Å². The topological polar surface area (TPSA) is 15.6 Å².